The molecule has 29 heavy (non-hydrogen) atoms. The predicted molar refractivity (Wildman–Crippen MR) is 110 cm³/mol. The maximum atomic E-state index is 13.8. The predicted octanol–water partition coefficient (Wildman–Crippen LogP) is 3.53. The zero-order valence-electron chi connectivity index (χ0n) is 16.4. The highest BCUT2D eigenvalue weighted by atomic mass is 35.5. The van der Waals surface area contributed by atoms with Gasteiger partial charge in [-0.05, 0) is 25.0 Å². The van der Waals surface area contributed by atoms with Crippen LogP contribution in [-0.2, 0) is 13.0 Å². The van der Waals surface area contributed by atoms with Crippen molar-refractivity contribution in [3.8, 4) is 23.8 Å². The van der Waals surface area contributed by atoms with Crippen molar-refractivity contribution in [3.05, 3.63) is 34.1 Å². The molecule has 9 heteroatoms. The third kappa shape index (κ3) is 3.91. The molecule has 0 aliphatic rings. The fourth-order valence-corrected chi connectivity index (χ4v) is 3.47. The molecule has 3 rings (SSSR count). The first-order chi connectivity index (χ1) is 13.9. The summed E-state index contributed by atoms with van der Waals surface area (Å²) >= 11 is 6.58. The maximum absolute atomic E-state index is 13.8. The summed E-state index contributed by atoms with van der Waals surface area (Å²) in [5.41, 5.74) is 8.07. The second kappa shape index (κ2) is 8.53. The van der Waals surface area contributed by atoms with E-state index in [0.29, 0.717) is 59.3 Å². The fourth-order valence-electron chi connectivity index (χ4n) is 3.27. The average molecular weight is 418 g/mol. The van der Waals surface area contributed by atoms with Crippen molar-refractivity contribution < 1.29 is 13.9 Å². The van der Waals surface area contributed by atoms with Crippen LogP contribution < -0.4 is 15.2 Å². The largest absolute Gasteiger partial charge is 0.493 e. The summed E-state index contributed by atoms with van der Waals surface area (Å²) in [6.07, 6.45) is 6.06. The summed E-state index contributed by atoms with van der Waals surface area (Å²) in [5.74, 6) is 4.34. The molecule has 0 saturated carbocycles. The van der Waals surface area contributed by atoms with E-state index in [1.54, 1.807) is 24.9 Å². The Hall–Kier alpha value is -3.05. The van der Waals surface area contributed by atoms with E-state index >= 15 is 0 Å². The average Bonchev–Trinajstić information content (AvgIpc) is 3.03. The van der Waals surface area contributed by atoms with E-state index < -0.39 is 6.08 Å². The molecule has 2 N–H and O–H groups in total. The van der Waals surface area contributed by atoms with Gasteiger partial charge in [-0.1, -0.05) is 11.6 Å². The van der Waals surface area contributed by atoms with Crippen molar-refractivity contribution in [1.29, 1.82) is 0 Å². The van der Waals surface area contributed by atoms with Crippen molar-refractivity contribution in [3.63, 3.8) is 0 Å². The van der Waals surface area contributed by atoms with Crippen LogP contribution in [0.15, 0.2) is 6.07 Å². The van der Waals surface area contributed by atoms with Crippen LogP contribution in [0.1, 0.15) is 29.8 Å². The molecule has 152 valence electrons. The zero-order valence-corrected chi connectivity index (χ0v) is 17.2. The SMILES string of the molecule is C#CCCCn1c(Cc2cc(OC)c(OC)c(C)c2Cl)nc2c(N)nc(F)nc21. The first-order valence-corrected chi connectivity index (χ1v) is 9.30. The van der Waals surface area contributed by atoms with Crippen LogP contribution in [0, 0.1) is 25.3 Å². The molecule has 0 bridgehead atoms. The summed E-state index contributed by atoms with van der Waals surface area (Å²) in [4.78, 5) is 12.0. The lowest BCUT2D eigenvalue weighted by Crippen LogP contribution is -2.07. The molecular weight excluding hydrogens is 397 g/mol. The fraction of sp³-hybridized carbons (Fsp3) is 0.350. The lowest BCUT2D eigenvalue weighted by molar-refractivity contribution is 0.352. The van der Waals surface area contributed by atoms with Gasteiger partial charge in [-0.25, -0.2) is 4.98 Å². The number of terminal acetylenes is 1. The van der Waals surface area contributed by atoms with E-state index in [1.165, 1.54) is 0 Å². The topological polar surface area (TPSA) is 88.1 Å². The minimum absolute atomic E-state index is 0.0148. The lowest BCUT2D eigenvalue weighted by Gasteiger charge is -2.16. The van der Waals surface area contributed by atoms with Gasteiger partial charge >= 0.3 is 6.08 Å². The van der Waals surface area contributed by atoms with Gasteiger partial charge < -0.3 is 19.8 Å². The van der Waals surface area contributed by atoms with Gasteiger partial charge in [0.05, 0.1) is 19.2 Å². The van der Waals surface area contributed by atoms with E-state index in [-0.39, 0.29) is 5.82 Å². The van der Waals surface area contributed by atoms with E-state index in [1.807, 2.05) is 6.92 Å². The number of nitrogens with two attached hydrogens (primary N) is 1. The molecule has 0 atom stereocenters. The number of fused-ring (bicyclic) bond motifs is 1. The summed E-state index contributed by atoms with van der Waals surface area (Å²) in [6, 6.07) is 1.80. The van der Waals surface area contributed by atoms with Gasteiger partial charge in [0.25, 0.3) is 0 Å². The Morgan fingerprint density at radius 1 is 1.28 bits per heavy atom. The first-order valence-electron chi connectivity index (χ1n) is 8.92. The number of hydrogen-bond donors (Lipinski definition) is 1. The molecule has 0 aliphatic carbocycles. The number of imidazole rings is 1. The number of halogens is 2. The molecule has 7 nitrogen and oxygen atoms in total. The number of aromatic nitrogens is 4. The Balaban J connectivity index is 2.13. The van der Waals surface area contributed by atoms with Gasteiger partial charge in [-0.15, -0.1) is 12.3 Å². The minimum atomic E-state index is -0.903. The molecule has 0 spiro atoms. The van der Waals surface area contributed by atoms with Crippen LogP contribution in [0.25, 0.3) is 11.2 Å². The molecule has 0 saturated heterocycles. The normalized spacial score (nSPS) is 10.9. The molecule has 2 aromatic heterocycles. The van der Waals surface area contributed by atoms with Crippen LogP contribution in [0.5, 0.6) is 11.5 Å². The number of unbranched alkanes of at least 4 members (excludes halogenated alkanes) is 1. The van der Waals surface area contributed by atoms with Gasteiger partial charge in [0.2, 0.25) is 0 Å². The first kappa shape index (κ1) is 20.7. The molecule has 3 aromatic rings. The molecule has 0 radical (unpaired) electrons. The van der Waals surface area contributed by atoms with E-state index in [9.17, 15) is 4.39 Å². The number of benzene rings is 1. The van der Waals surface area contributed by atoms with Crippen molar-refractivity contribution >= 4 is 28.6 Å². The van der Waals surface area contributed by atoms with Crippen molar-refractivity contribution in [2.75, 3.05) is 20.0 Å². The quantitative estimate of drug-likeness (QED) is 0.359. The van der Waals surface area contributed by atoms with Crippen molar-refractivity contribution in [2.24, 2.45) is 0 Å². The van der Waals surface area contributed by atoms with E-state index in [4.69, 9.17) is 33.2 Å². The van der Waals surface area contributed by atoms with Gasteiger partial charge in [0.1, 0.15) is 5.82 Å². The van der Waals surface area contributed by atoms with E-state index in [0.717, 1.165) is 11.1 Å². The Morgan fingerprint density at radius 3 is 2.69 bits per heavy atom. The minimum Gasteiger partial charge on any atom is -0.493 e. The Morgan fingerprint density at radius 2 is 2.03 bits per heavy atom. The third-order valence-corrected chi connectivity index (χ3v) is 5.16. The molecule has 0 unspecified atom stereocenters. The van der Waals surface area contributed by atoms with Crippen molar-refractivity contribution in [2.45, 2.75) is 32.7 Å². The molecule has 2 heterocycles. The summed E-state index contributed by atoms with van der Waals surface area (Å²) < 4.78 is 26.4. The zero-order chi connectivity index (χ0) is 21.1. The van der Waals surface area contributed by atoms with Gasteiger partial charge in [-0.2, -0.15) is 14.4 Å². The number of aryl methyl sites for hydroxylation is 1. The number of nitrogens with zero attached hydrogens (tertiary/aromatic N) is 4. The van der Waals surface area contributed by atoms with Crippen LogP contribution in [-0.4, -0.2) is 33.7 Å². The second-order valence-electron chi connectivity index (χ2n) is 6.42. The smallest absolute Gasteiger partial charge is 0.312 e. The van der Waals surface area contributed by atoms with Gasteiger partial charge in [0, 0.05) is 24.9 Å². The molecular formula is C20H21ClFN5O2. The Labute approximate surface area is 173 Å². The van der Waals surface area contributed by atoms with Gasteiger partial charge in [-0.3, -0.25) is 0 Å². The Kier molecular flexibility index (Phi) is 6.09. The standard InChI is InChI=1S/C20H21ClFN5O2/c1-5-6-7-8-27-14(24-16-18(23)25-20(22)26-19(16)27)10-12-9-13(28-3)17(29-4)11(2)15(12)21/h1,9H,6-8,10H2,2-4H3,(H2,23,25,26). The van der Waals surface area contributed by atoms with Crippen LogP contribution in [0.3, 0.4) is 0 Å². The highest BCUT2D eigenvalue weighted by molar-refractivity contribution is 6.32. The van der Waals surface area contributed by atoms with Crippen LogP contribution in [0.4, 0.5) is 10.2 Å². The van der Waals surface area contributed by atoms with E-state index in [2.05, 4.69) is 20.9 Å². The van der Waals surface area contributed by atoms with Gasteiger partial charge in [0.15, 0.2) is 28.5 Å². The number of nitrogen functional groups attached to an aromatic ring is 1. The monoisotopic (exact) mass is 417 g/mol. The number of methoxy groups -OCH3 is 2. The van der Waals surface area contributed by atoms with Crippen LogP contribution in [0.2, 0.25) is 5.02 Å². The molecule has 1 aromatic carbocycles. The highest BCUT2D eigenvalue weighted by Crippen LogP contribution is 2.39. The highest BCUT2D eigenvalue weighted by Gasteiger charge is 2.20. The summed E-state index contributed by atoms with van der Waals surface area (Å²) in [6.45, 7) is 2.36. The van der Waals surface area contributed by atoms with Crippen LogP contribution >= 0.6 is 11.6 Å². The summed E-state index contributed by atoms with van der Waals surface area (Å²) in [7, 11) is 3.12. The Bertz CT molecular complexity index is 1110. The third-order valence-electron chi connectivity index (χ3n) is 4.63. The number of ether oxygens (including phenoxy) is 2. The number of hydrogen-bond acceptors (Lipinski definition) is 6. The number of anilines is 1. The van der Waals surface area contributed by atoms with Crippen molar-refractivity contribution in [1.82, 2.24) is 19.5 Å². The molecule has 0 amide bonds. The number of rotatable bonds is 7. The maximum Gasteiger partial charge on any atom is 0.312 e. The molecule has 0 aliphatic heterocycles. The molecule has 0 fully saturated rings. The lowest BCUT2D eigenvalue weighted by atomic mass is 10.1. The second-order valence-corrected chi connectivity index (χ2v) is 6.80. The summed E-state index contributed by atoms with van der Waals surface area (Å²) in [5, 5.41) is 0.537.